The largest absolute Gasteiger partial charge is 0.481 e. The van der Waals surface area contributed by atoms with Crippen LogP contribution in [0.3, 0.4) is 0 Å². The molecule has 0 aliphatic heterocycles. The van der Waals surface area contributed by atoms with Gasteiger partial charge in [0.2, 0.25) is 11.8 Å². The van der Waals surface area contributed by atoms with Gasteiger partial charge < -0.3 is 15.7 Å². The molecular formula is C12H22N2O4. The number of aliphatic carboxylic acids is 1. The topological polar surface area (TPSA) is 95.5 Å². The van der Waals surface area contributed by atoms with Gasteiger partial charge in [-0.15, -0.1) is 0 Å². The number of carboxylic acids is 1. The lowest BCUT2D eigenvalue weighted by atomic mass is 10.1. The predicted molar refractivity (Wildman–Crippen MR) is 67.0 cm³/mol. The lowest BCUT2D eigenvalue weighted by Gasteiger charge is -2.03. The summed E-state index contributed by atoms with van der Waals surface area (Å²) in [6, 6.07) is 0. The maximum atomic E-state index is 11.2. The minimum atomic E-state index is -0.912. The molecule has 0 bridgehead atoms. The lowest BCUT2D eigenvalue weighted by molar-refractivity contribution is -0.137. The second kappa shape index (κ2) is 10.6. The Labute approximate surface area is 107 Å². The van der Waals surface area contributed by atoms with Crippen LogP contribution in [0.25, 0.3) is 0 Å². The van der Waals surface area contributed by atoms with Crippen LogP contribution in [-0.4, -0.2) is 36.5 Å². The molecule has 0 unspecified atom stereocenters. The Morgan fingerprint density at radius 1 is 0.889 bits per heavy atom. The molecule has 0 saturated carbocycles. The minimum Gasteiger partial charge on any atom is -0.481 e. The van der Waals surface area contributed by atoms with Gasteiger partial charge in [-0.3, -0.25) is 14.4 Å². The maximum absolute atomic E-state index is 11.2. The molecule has 0 atom stereocenters. The Balaban J connectivity index is 3.30. The number of carboxylic acid groups (broad SMARTS) is 1. The van der Waals surface area contributed by atoms with E-state index in [9.17, 15) is 14.4 Å². The van der Waals surface area contributed by atoms with E-state index in [4.69, 9.17) is 5.11 Å². The van der Waals surface area contributed by atoms with Gasteiger partial charge in [-0.25, -0.2) is 0 Å². The molecule has 0 aromatic rings. The van der Waals surface area contributed by atoms with Gasteiger partial charge in [0.15, 0.2) is 0 Å². The first-order chi connectivity index (χ1) is 8.56. The van der Waals surface area contributed by atoms with E-state index in [-0.39, 0.29) is 24.8 Å². The highest BCUT2D eigenvalue weighted by molar-refractivity contribution is 5.76. The molecule has 3 N–H and O–H groups in total. The minimum absolute atomic E-state index is 0.0430. The quantitative estimate of drug-likeness (QED) is 0.502. The first-order valence-electron chi connectivity index (χ1n) is 6.25. The molecule has 0 aromatic carbocycles. The second-order valence-corrected chi connectivity index (χ2v) is 4.08. The van der Waals surface area contributed by atoms with E-state index in [1.165, 1.54) is 0 Å². The molecule has 0 heterocycles. The fraction of sp³-hybridized carbons (Fsp3) is 0.750. The van der Waals surface area contributed by atoms with Crippen LogP contribution in [0.15, 0.2) is 0 Å². The average molecular weight is 258 g/mol. The number of carbonyl (C=O) groups is 3. The summed E-state index contributed by atoms with van der Waals surface area (Å²) < 4.78 is 0. The number of nitrogens with one attached hydrogen (secondary N) is 2. The van der Waals surface area contributed by atoms with Crippen molar-refractivity contribution in [1.82, 2.24) is 10.6 Å². The van der Waals surface area contributed by atoms with E-state index >= 15 is 0 Å². The molecule has 18 heavy (non-hydrogen) atoms. The fourth-order valence-electron chi connectivity index (χ4n) is 1.45. The Hall–Kier alpha value is -1.59. The van der Waals surface area contributed by atoms with Crippen molar-refractivity contribution in [2.75, 3.05) is 13.6 Å². The fourth-order valence-corrected chi connectivity index (χ4v) is 1.45. The molecule has 0 aliphatic rings. The van der Waals surface area contributed by atoms with Crippen LogP contribution in [0.5, 0.6) is 0 Å². The van der Waals surface area contributed by atoms with E-state index in [1.807, 2.05) is 0 Å². The van der Waals surface area contributed by atoms with E-state index in [0.29, 0.717) is 12.8 Å². The van der Waals surface area contributed by atoms with Crippen LogP contribution in [0, 0.1) is 0 Å². The maximum Gasteiger partial charge on any atom is 0.305 e. The van der Waals surface area contributed by atoms with Gasteiger partial charge in [-0.1, -0.05) is 12.8 Å². The van der Waals surface area contributed by atoms with E-state index in [1.54, 1.807) is 7.05 Å². The molecule has 0 aromatic heterocycles. The zero-order valence-corrected chi connectivity index (χ0v) is 10.8. The van der Waals surface area contributed by atoms with Crippen LogP contribution in [0.2, 0.25) is 0 Å². The van der Waals surface area contributed by atoms with Crippen molar-refractivity contribution in [3.05, 3.63) is 0 Å². The number of rotatable bonds is 10. The van der Waals surface area contributed by atoms with Gasteiger partial charge in [0.25, 0.3) is 0 Å². The summed E-state index contributed by atoms with van der Waals surface area (Å²) in [5.41, 5.74) is 0. The summed E-state index contributed by atoms with van der Waals surface area (Å²) in [7, 11) is 1.61. The van der Waals surface area contributed by atoms with Crippen molar-refractivity contribution in [1.29, 1.82) is 0 Å². The Kier molecular flexibility index (Phi) is 9.62. The van der Waals surface area contributed by atoms with Crippen molar-refractivity contribution in [2.45, 2.75) is 44.9 Å². The van der Waals surface area contributed by atoms with Crippen LogP contribution >= 0.6 is 0 Å². The highest BCUT2D eigenvalue weighted by Crippen LogP contribution is 2.05. The van der Waals surface area contributed by atoms with E-state index in [0.717, 1.165) is 25.7 Å². The predicted octanol–water partition coefficient (Wildman–Crippen LogP) is 0.664. The third kappa shape index (κ3) is 10.9. The molecular weight excluding hydrogens is 236 g/mol. The summed E-state index contributed by atoms with van der Waals surface area (Å²) in [4.78, 5) is 32.4. The Morgan fingerprint density at radius 3 is 1.94 bits per heavy atom. The number of hydrogen-bond donors (Lipinski definition) is 3. The Bertz CT molecular complexity index is 279. The molecule has 0 radical (unpaired) electrons. The van der Waals surface area contributed by atoms with Crippen LogP contribution in [0.4, 0.5) is 0 Å². The number of carbonyl (C=O) groups excluding carboxylic acids is 2. The highest BCUT2D eigenvalue weighted by Gasteiger charge is 2.03. The standard InChI is InChI=1S/C12H22N2O4/c1-13-10(15)6-4-2-3-5-7-11(16)14-9-8-12(17)18/h2-9H2,1H3,(H,13,15)(H,14,16)(H,17,18). The molecule has 0 spiro atoms. The molecule has 0 saturated heterocycles. The summed E-state index contributed by atoms with van der Waals surface area (Å²) in [5.74, 6) is -0.978. The molecule has 0 rings (SSSR count). The van der Waals surface area contributed by atoms with Crippen molar-refractivity contribution in [2.24, 2.45) is 0 Å². The average Bonchev–Trinajstić information content (AvgIpc) is 2.32. The second-order valence-electron chi connectivity index (χ2n) is 4.08. The van der Waals surface area contributed by atoms with Gasteiger partial charge in [0.1, 0.15) is 0 Å². The van der Waals surface area contributed by atoms with Gasteiger partial charge in [-0.2, -0.15) is 0 Å². The SMILES string of the molecule is CNC(=O)CCCCCCC(=O)NCCC(=O)O. The van der Waals surface area contributed by atoms with Gasteiger partial charge in [0, 0.05) is 26.4 Å². The Morgan fingerprint density at radius 2 is 1.44 bits per heavy atom. The van der Waals surface area contributed by atoms with Gasteiger partial charge >= 0.3 is 5.97 Å². The van der Waals surface area contributed by atoms with Crippen LogP contribution in [-0.2, 0) is 14.4 Å². The zero-order chi connectivity index (χ0) is 13.8. The lowest BCUT2D eigenvalue weighted by Crippen LogP contribution is -2.25. The van der Waals surface area contributed by atoms with Crippen molar-refractivity contribution < 1.29 is 19.5 Å². The van der Waals surface area contributed by atoms with Gasteiger partial charge in [-0.05, 0) is 12.8 Å². The first kappa shape index (κ1) is 16.4. The molecule has 0 aliphatic carbocycles. The normalized spacial score (nSPS) is 9.83. The summed E-state index contributed by atoms with van der Waals surface area (Å²) >= 11 is 0. The summed E-state index contributed by atoms with van der Waals surface area (Å²) in [6.07, 6.45) is 4.34. The molecule has 104 valence electrons. The molecule has 0 fully saturated rings. The number of amides is 2. The summed E-state index contributed by atoms with van der Waals surface area (Å²) in [5, 5.41) is 13.5. The molecule has 2 amide bonds. The van der Waals surface area contributed by atoms with Crippen molar-refractivity contribution in [3.63, 3.8) is 0 Å². The number of hydrogen-bond acceptors (Lipinski definition) is 3. The number of unbranched alkanes of at least 4 members (excludes halogenated alkanes) is 3. The molecule has 6 heteroatoms. The van der Waals surface area contributed by atoms with E-state index in [2.05, 4.69) is 10.6 Å². The monoisotopic (exact) mass is 258 g/mol. The summed E-state index contributed by atoms with van der Waals surface area (Å²) in [6.45, 7) is 0.185. The van der Waals surface area contributed by atoms with Gasteiger partial charge in [0.05, 0.1) is 6.42 Å². The third-order valence-corrected chi connectivity index (χ3v) is 2.50. The zero-order valence-electron chi connectivity index (χ0n) is 10.8. The van der Waals surface area contributed by atoms with E-state index < -0.39 is 5.97 Å². The van der Waals surface area contributed by atoms with Crippen LogP contribution < -0.4 is 10.6 Å². The van der Waals surface area contributed by atoms with Crippen LogP contribution in [0.1, 0.15) is 44.9 Å². The first-order valence-corrected chi connectivity index (χ1v) is 6.25. The highest BCUT2D eigenvalue weighted by atomic mass is 16.4. The van der Waals surface area contributed by atoms with Crippen molar-refractivity contribution >= 4 is 17.8 Å². The third-order valence-electron chi connectivity index (χ3n) is 2.50. The van der Waals surface area contributed by atoms with Crippen molar-refractivity contribution in [3.8, 4) is 0 Å². The molecule has 6 nitrogen and oxygen atoms in total. The smallest absolute Gasteiger partial charge is 0.305 e.